The van der Waals surface area contributed by atoms with Crippen LogP contribution in [-0.4, -0.2) is 4.57 Å². The molecular formula is C13H11N. The molecule has 1 heteroatoms. The maximum atomic E-state index is 3.71. The zero-order chi connectivity index (χ0) is 9.80. The van der Waals surface area contributed by atoms with Crippen molar-refractivity contribution in [3.63, 3.8) is 0 Å². The van der Waals surface area contributed by atoms with E-state index in [4.69, 9.17) is 0 Å². The molecule has 0 saturated heterocycles. The zero-order valence-corrected chi connectivity index (χ0v) is 7.85. The van der Waals surface area contributed by atoms with Gasteiger partial charge in [0.25, 0.3) is 0 Å². The third-order valence-corrected chi connectivity index (χ3v) is 2.08. The first kappa shape index (κ1) is 8.61. The molecule has 1 aromatic carbocycles. The number of nitrogens with zero attached hydrogens (tertiary/aromatic N) is 1. The molecule has 1 heterocycles. The van der Waals surface area contributed by atoms with E-state index >= 15 is 0 Å². The average molecular weight is 181 g/mol. The lowest BCUT2D eigenvalue weighted by Crippen LogP contribution is -1.93. The Balaban J connectivity index is 2.48. The Kier molecular flexibility index (Phi) is 2.35. The number of benzene rings is 1. The zero-order valence-electron chi connectivity index (χ0n) is 7.85. The van der Waals surface area contributed by atoms with Crippen molar-refractivity contribution in [3.8, 4) is 0 Å². The van der Waals surface area contributed by atoms with Crippen molar-refractivity contribution >= 4 is 5.70 Å². The first-order valence-corrected chi connectivity index (χ1v) is 4.50. The van der Waals surface area contributed by atoms with Crippen molar-refractivity contribution in [2.24, 2.45) is 0 Å². The minimum atomic E-state index is 0.982. The van der Waals surface area contributed by atoms with E-state index in [1.165, 1.54) is 0 Å². The molecule has 2 aromatic rings. The molecule has 0 fully saturated rings. The Morgan fingerprint density at radius 2 is 1.64 bits per heavy atom. The van der Waals surface area contributed by atoms with E-state index in [0.29, 0.717) is 0 Å². The van der Waals surface area contributed by atoms with Gasteiger partial charge in [0.05, 0.1) is 5.70 Å². The number of rotatable bonds is 2. The van der Waals surface area contributed by atoms with Crippen LogP contribution in [0.4, 0.5) is 0 Å². The van der Waals surface area contributed by atoms with Gasteiger partial charge in [0.1, 0.15) is 0 Å². The van der Waals surface area contributed by atoms with Crippen LogP contribution in [0.25, 0.3) is 5.70 Å². The summed E-state index contributed by atoms with van der Waals surface area (Å²) in [5.74, 6) is 0. The molecule has 0 N–H and O–H groups in total. The highest BCUT2D eigenvalue weighted by molar-refractivity contribution is 5.64. The lowest BCUT2D eigenvalue weighted by atomic mass is 10.2. The molecule has 0 spiro atoms. The molecule has 0 atom stereocenters. The van der Waals surface area contributed by atoms with Gasteiger partial charge in [-0.15, -0.1) is 5.73 Å². The van der Waals surface area contributed by atoms with Crippen LogP contribution >= 0.6 is 0 Å². The van der Waals surface area contributed by atoms with Gasteiger partial charge in [-0.2, -0.15) is 0 Å². The summed E-state index contributed by atoms with van der Waals surface area (Å²) < 4.78 is 2.00. The fourth-order valence-electron chi connectivity index (χ4n) is 1.42. The van der Waals surface area contributed by atoms with Crippen LogP contribution in [0.1, 0.15) is 5.56 Å². The Labute approximate surface area is 83.6 Å². The van der Waals surface area contributed by atoms with Crippen molar-refractivity contribution in [1.82, 2.24) is 4.57 Å². The Hall–Kier alpha value is -1.98. The smallest absolute Gasteiger partial charge is 0.0948 e. The fraction of sp³-hybridized carbons (Fsp3) is 0. The van der Waals surface area contributed by atoms with E-state index < -0.39 is 0 Å². The lowest BCUT2D eigenvalue weighted by molar-refractivity contribution is 1.12. The first-order chi connectivity index (χ1) is 6.92. The summed E-state index contributed by atoms with van der Waals surface area (Å²) in [6.07, 6.45) is 3.97. The van der Waals surface area contributed by atoms with Gasteiger partial charge in [0.15, 0.2) is 0 Å². The Bertz CT molecular complexity index is 445. The summed E-state index contributed by atoms with van der Waals surface area (Å²) in [5.41, 5.74) is 5.06. The Morgan fingerprint density at radius 3 is 2.21 bits per heavy atom. The van der Waals surface area contributed by atoms with E-state index in [-0.39, 0.29) is 0 Å². The first-order valence-electron chi connectivity index (χ1n) is 4.50. The van der Waals surface area contributed by atoms with Crippen LogP contribution < -0.4 is 0 Å². The summed E-state index contributed by atoms with van der Waals surface area (Å²) in [5, 5.41) is 0. The molecule has 0 aliphatic heterocycles. The average Bonchev–Trinajstić information content (AvgIpc) is 2.74. The van der Waals surface area contributed by atoms with E-state index in [9.17, 15) is 0 Å². The quantitative estimate of drug-likeness (QED) is 0.627. The largest absolute Gasteiger partial charge is 0.317 e. The second-order valence-electron chi connectivity index (χ2n) is 2.98. The summed E-state index contributed by atoms with van der Waals surface area (Å²) >= 11 is 0. The summed E-state index contributed by atoms with van der Waals surface area (Å²) in [6.45, 7) is 3.71. The highest BCUT2D eigenvalue weighted by Gasteiger charge is 1.99. The van der Waals surface area contributed by atoms with Crippen LogP contribution in [0.5, 0.6) is 0 Å². The van der Waals surface area contributed by atoms with Crippen molar-refractivity contribution in [2.45, 2.75) is 0 Å². The molecule has 0 radical (unpaired) electrons. The molecule has 1 nitrogen and oxygen atoms in total. The van der Waals surface area contributed by atoms with Crippen molar-refractivity contribution in [2.75, 3.05) is 0 Å². The summed E-state index contributed by atoms with van der Waals surface area (Å²) in [6, 6.07) is 14.1. The van der Waals surface area contributed by atoms with Crippen molar-refractivity contribution < 1.29 is 0 Å². The molecule has 68 valence electrons. The molecular weight excluding hydrogens is 170 g/mol. The molecule has 0 amide bonds. The van der Waals surface area contributed by atoms with Crippen molar-refractivity contribution in [1.29, 1.82) is 0 Å². The van der Waals surface area contributed by atoms with Gasteiger partial charge in [-0.1, -0.05) is 36.9 Å². The second kappa shape index (κ2) is 3.82. The van der Waals surface area contributed by atoms with E-state index in [1.807, 2.05) is 59.4 Å². The van der Waals surface area contributed by atoms with E-state index in [0.717, 1.165) is 11.3 Å². The van der Waals surface area contributed by atoms with Gasteiger partial charge in [-0.25, -0.2) is 0 Å². The number of aromatic nitrogens is 1. The van der Waals surface area contributed by atoms with Crippen LogP contribution in [0.2, 0.25) is 0 Å². The maximum Gasteiger partial charge on any atom is 0.0948 e. The lowest BCUT2D eigenvalue weighted by Gasteiger charge is -2.05. The highest BCUT2D eigenvalue weighted by atomic mass is 14.9. The summed E-state index contributed by atoms with van der Waals surface area (Å²) in [7, 11) is 0. The van der Waals surface area contributed by atoms with Gasteiger partial charge in [-0.3, -0.25) is 0 Å². The van der Waals surface area contributed by atoms with Crippen LogP contribution in [-0.2, 0) is 0 Å². The monoisotopic (exact) mass is 181 g/mol. The molecule has 0 saturated carbocycles. The van der Waals surface area contributed by atoms with Gasteiger partial charge in [0.2, 0.25) is 0 Å². The standard InChI is InChI=1S/C13H11N/c1-2-13(14-10-6-7-11-14)12-8-4-3-5-9-12/h3-11H,1H2. The number of hydrogen-bond acceptors (Lipinski definition) is 0. The molecule has 1 aromatic heterocycles. The molecule has 14 heavy (non-hydrogen) atoms. The Morgan fingerprint density at radius 1 is 1.00 bits per heavy atom. The third kappa shape index (κ3) is 1.54. The summed E-state index contributed by atoms with van der Waals surface area (Å²) in [4.78, 5) is 0. The molecule has 0 aliphatic carbocycles. The molecule has 0 unspecified atom stereocenters. The van der Waals surface area contributed by atoms with Gasteiger partial charge in [-0.05, 0) is 12.1 Å². The minimum absolute atomic E-state index is 0.982. The predicted octanol–water partition coefficient (Wildman–Crippen LogP) is 3.16. The fourth-order valence-corrected chi connectivity index (χ4v) is 1.42. The van der Waals surface area contributed by atoms with E-state index in [1.54, 1.807) is 0 Å². The number of hydrogen-bond donors (Lipinski definition) is 0. The van der Waals surface area contributed by atoms with E-state index in [2.05, 4.69) is 12.3 Å². The highest BCUT2D eigenvalue weighted by Crippen LogP contribution is 2.14. The van der Waals surface area contributed by atoms with Gasteiger partial charge < -0.3 is 4.57 Å². The topological polar surface area (TPSA) is 4.93 Å². The van der Waals surface area contributed by atoms with Gasteiger partial charge in [0, 0.05) is 18.0 Å². The van der Waals surface area contributed by atoms with Crippen LogP contribution in [0.3, 0.4) is 0 Å². The molecule has 2 rings (SSSR count). The minimum Gasteiger partial charge on any atom is -0.317 e. The third-order valence-electron chi connectivity index (χ3n) is 2.08. The second-order valence-corrected chi connectivity index (χ2v) is 2.98. The van der Waals surface area contributed by atoms with Crippen molar-refractivity contribution in [3.05, 3.63) is 72.7 Å². The van der Waals surface area contributed by atoms with Crippen LogP contribution in [0, 0.1) is 0 Å². The predicted molar refractivity (Wildman–Crippen MR) is 58.8 cm³/mol. The normalized spacial score (nSPS) is 9.43. The maximum absolute atomic E-state index is 3.71. The molecule has 0 aliphatic rings. The van der Waals surface area contributed by atoms with Crippen LogP contribution in [0.15, 0.2) is 67.2 Å². The molecule has 0 bridgehead atoms. The SMILES string of the molecule is C=C=C(c1ccccc1)n1cccc1. The van der Waals surface area contributed by atoms with Gasteiger partial charge >= 0.3 is 0 Å².